The zero-order valence-corrected chi connectivity index (χ0v) is 16.0. The molecule has 1 aromatic carbocycles. The SMILES string of the molecule is C[C@@H]1CN(C(=O)C2CCN(Cn3c(=O)oc4ccccc43)CC2)C[C@@H](C)O1. The zero-order valence-electron chi connectivity index (χ0n) is 16.0. The van der Waals surface area contributed by atoms with Gasteiger partial charge in [-0.05, 0) is 38.8 Å². The summed E-state index contributed by atoms with van der Waals surface area (Å²) in [7, 11) is 0. The van der Waals surface area contributed by atoms with E-state index in [4.69, 9.17) is 9.15 Å². The fraction of sp³-hybridized carbons (Fsp3) is 0.600. The molecule has 2 aromatic rings. The molecule has 0 spiro atoms. The molecule has 2 aliphatic heterocycles. The van der Waals surface area contributed by atoms with Crippen LogP contribution in [0.2, 0.25) is 0 Å². The number of likely N-dealkylation sites (tertiary alicyclic amines) is 1. The molecule has 0 bridgehead atoms. The fourth-order valence-corrected chi connectivity index (χ4v) is 4.29. The lowest BCUT2D eigenvalue weighted by atomic mass is 9.95. The summed E-state index contributed by atoms with van der Waals surface area (Å²) in [6, 6.07) is 7.48. The Labute approximate surface area is 158 Å². The van der Waals surface area contributed by atoms with E-state index < -0.39 is 0 Å². The summed E-state index contributed by atoms with van der Waals surface area (Å²) < 4.78 is 12.7. The standard InChI is InChI=1S/C20H27N3O4/c1-14-11-22(12-15(2)26-14)19(24)16-7-9-21(10-8-16)13-23-17-5-3-4-6-18(17)27-20(23)25/h3-6,14-16H,7-13H2,1-2H3/t14-,15-/m1/s1. The van der Waals surface area contributed by atoms with E-state index in [-0.39, 0.29) is 29.8 Å². The van der Waals surface area contributed by atoms with Crippen LogP contribution in [0.15, 0.2) is 33.5 Å². The zero-order chi connectivity index (χ0) is 19.0. The lowest BCUT2D eigenvalue weighted by molar-refractivity contribution is -0.149. The van der Waals surface area contributed by atoms with Crippen molar-refractivity contribution in [1.82, 2.24) is 14.4 Å². The highest BCUT2D eigenvalue weighted by Gasteiger charge is 2.32. The first-order valence-corrected chi connectivity index (χ1v) is 9.76. The van der Waals surface area contributed by atoms with Gasteiger partial charge in [-0.2, -0.15) is 0 Å². The number of oxazole rings is 1. The van der Waals surface area contributed by atoms with Gasteiger partial charge in [-0.3, -0.25) is 14.3 Å². The molecule has 0 radical (unpaired) electrons. The van der Waals surface area contributed by atoms with Crippen molar-refractivity contribution in [3.8, 4) is 0 Å². The molecule has 2 atom stereocenters. The van der Waals surface area contributed by atoms with Crippen molar-refractivity contribution < 1.29 is 13.9 Å². The number of fused-ring (bicyclic) bond motifs is 1. The van der Waals surface area contributed by atoms with E-state index in [1.54, 1.807) is 4.57 Å². The topological polar surface area (TPSA) is 67.9 Å². The summed E-state index contributed by atoms with van der Waals surface area (Å²) in [5.41, 5.74) is 1.43. The molecule has 27 heavy (non-hydrogen) atoms. The molecule has 2 saturated heterocycles. The first kappa shape index (κ1) is 18.3. The van der Waals surface area contributed by atoms with Gasteiger partial charge >= 0.3 is 5.76 Å². The minimum absolute atomic E-state index is 0.0663. The van der Waals surface area contributed by atoms with Gasteiger partial charge in [-0.25, -0.2) is 4.79 Å². The first-order chi connectivity index (χ1) is 13.0. The van der Waals surface area contributed by atoms with Crippen molar-refractivity contribution in [1.29, 1.82) is 0 Å². The molecular formula is C20H27N3O4. The number of benzene rings is 1. The summed E-state index contributed by atoms with van der Waals surface area (Å²) in [5.74, 6) is -0.00941. The normalized spacial score (nSPS) is 25.2. The van der Waals surface area contributed by atoms with Gasteiger partial charge < -0.3 is 14.1 Å². The number of carbonyl (C=O) groups is 1. The lowest BCUT2D eigenvalue weighted by Crippen LogP contribution is -2.51. The summed E-state index contributed by atoms with van der Waals surface area (Å²) in [6.07, 6.45) is 1.84. The van der Waals surface area contributed by atoms with Crippen molar-refractivity contribution in [3.63, 3.8) is 0 Å². The van der Waals surface area contributed by atoms with Crippen LogP contribution >= 0.6 is 0 Å². The van der Waals surface area contributed by atoms with Crippen molar-refractivity contribution in [2.75, 3.05) is 26.2 Å². The van der Waals surface area contributed by atoms with Crippen LogP contribution in [0.4, 0.5) is 0 Å². The number of nitrogens with zero attached hydrogens (tertiary/aromatic N) is 3. The minimum Gasteiger partial charge on any atom is -0.408 e. The van der Waals surface area contributed by atoms with Gasteiger partial charge in [-0.15, -0.1) is 0 Å². The second kappa shape index (κ2) is 7.48. The van der Waals surface area contributed by atoms with E-state index in [0.29, 0.717) is 25.3 Å². The van der Waals surface area contributed by atoms with Crippen LogP contribution in [-0.4, -0.2) is 58.7 Å². The number of hydrogen-bond acceptors (Lipinski definition) is 5. The van der Waals surface area contributed by atoms with Gasteiger partial charge in [0, 0.05) is 32.1 Å². The first-order valence-electron chi connectivity index (χ1n) is 9.76. The summed E-state index contributed by atoms with van der Waals surface area (Å²) in [4.78, 5) is 29.2. The number of carbonyl (C=O) groups excluding carboxylic acids is 1. The monoisotopic (exact) mass is 373 g/mol. The molecule has 7 nitrogen and oxygen atoms in total. The average molecular weight is 373 g/mol. The van der Waals surface area contributed by atoms with Crippen LogP contribution in [0.25, 0.3) is 11.1 Å². The van der Waals surface area contributed by atoms with E-state index >= 15 is 0 Å². The molecule has 146 valence electrons. The maximum atomic E-state index is 12.9. The lowest BCUT2D eigenvalue weighted by Gasteiger charge is -2.39. The highest BCUT2D eigenvalue weighted by atomic mass is 16.5. The third-order valence-corrected chi connectivity index (χ3v) is 5.58. The molecule has 2 aliphatic rings. The highest BCUT2D eigenvalue weighted by molar-refractivity contribution is 5.79. The molecule has 0 unspecified atom stereocenters. The van der Waals surface area contributed by atoms with Gasteiger partial charge in [-0.1, -0.05) is 12.1 Å². The number of hydrogen-bond donors (Lipinski definition) is 0. The predicted octanol–water partition coefficient (Wildman–Crippen LogP) is 1.90. The second-order valence-electron chi connectivity index (χ2n) is 7.80. The number of rotatable bonds is 3. The molecule has 3 heterocycles. The second-order valence-corrected chi connectivity index (χ2v) is 7.80. The molecular weight excluding hydrogens is 346 g/mol. The number of morpholine rings is 1. The molecule has 0 saturated carbocycles. The van der Waals surface area contributed by atoms with Crippen molar-refractivity contribution in [2.24, 2.45) is 5.92 Å². The average Bonchev–Trinajstić information content (AvgIpc) is 2.96. The third-order valence-electron chi connectivity index (χ3n) is 5.58. The Morgan fingerprint density at radius 3 is 2.48 bits per heavy atom. The highest BCUT2D eigenvalue weighted by Crippen LogP contribution is 2.23. The van der Waals surface area contributed by atoms with Gasteiger partial charge in [0.05, 0.1) is 24.4 Å². The Morgan fingerprint density at radius 1 is 1.11 bits per heavy atom. The molecule has 0 aliphatic carbocycles. The quantitative estimate of drug-likeness (QED) is 0.822. The smallest absolute Gasteiger partial charge is 0.408 e. The summed E-state index contributed by atoms with van der Waals surface area (Å²) in [5, 5.41) is 0. The summed E-state index contributed by atoms with van der Waals surface area (Å²) in [6.45, 7) is 7.51. The Hall–Kier alpha value is -2.12. The van der Waals surface area contributed by atoms with Crippen LogP contribution in [0.3, 0.4) is 0 Å². The Balaban J connectivity index is 1.37. The number of ether oxygens (including phenoxy) is 1. The Kier molecular flexibility index (Phi) is 5.06. The van der Waals surface area contributed by atoms with E-state index in [1.807, 2.05) is 43.0 Å². The van der Waals surface area contributed by atoms with Gasteiger partial charge in [0.25, 0.3) is 0 Å². The third kappa shape index (κ3) is 3.80. The van der Waals surface area contributed by atoms with Crippen molar-refractivity contribution in [2.45, 2.75) is 45.6 Å². The van der Waals surface area contributed by atoms with E-state index in [1.165, 1.54) is 0 Å². The van der Waals surface area contributed by atoms with Gasteiger partial charge in [0.2, 0.25) is 5.91 Å². The molecule has 4 rings (SSSR count). The molecule has 0 N–H and O–H groups in total. The minimum atomic E-state index is -0.328. The van der Waals surface area contributed by atoms with Crippen molar-refractivity contribution in [3.05, 3.63) is 34.8 Å². The Bertz CT molecular complexity index is 855. The number of amides is 1. The predicted molar refractivity (Wildman–Crippen MR) is 101 cm³/mol. The van der Waals surface area contributed by atoms with Gasteiger partial charge in [0.15, 0.2) is 5.58 Å². The van der Waals surface area contributed by atoms with E-state index in [9.17, 15) is 9.59 Å². The number of aromatic nitrogens is 1. The maximum Gasteiger partial charge on any atom is 0.421 e. The van der Waals surface area contributed by atoms with Crippen LogP contribution in [0.5, 0.6) is 0 Å². The van der Waals surface area contributed by atoms with Crippen LogP contribution in [0, 0.1) is 5.92 Å². The number of piperidine rings is 1. The van der Waals surface area contributed by atoms with Gasteiger partial charge in [0.1, 0.15) is 0 Å². The van der Waals surface area contributed by atoms with Crippen LogP contribution in [-0.2, 0) is 16.2 Å². The van der Waals surface area contributed by atoms with Crippen LogP contribution in [0.1, 0.15) is 26.7 Å². The fourth-order valence-electron chi connectivity index (χ4n) is 4.29. The Morgan fingerprint density at radius 2 is 1.78 bits per heavy atom. The van der Waals surface area contributed by atoms with E-state index in [0.717, 1.165) is 31.4 Å². The molecule has 1 amide bonds. The summed E-state index contributed by atoms with van der Waals surface area (Å²) >= 11 is 0. The largest absolute Gasteiger partial charge is 0.421 e. The maximum absolute atomic E-state index is 12.9. The van der Waals surface area contributed by atoms with Crippen molar-refractivity contribution >= 4 is 17.0 Å². The number of para-hydroxylation sites is 2. The molecule has 7 heteroatoms. The molecule has 1 aromatic heterocycles. The van der Waals surface area contributed by atoms with Crippen LogP contribution < -0.4 is 5.76 Å². The molecule has 2 fully saturated rings. The van der Waals surface area contributed by atoms with E-state index in [2.05, 4.69) is 4.90 Å².